The number of hydrogen-bond acceptors (Lipinski definition) is 3. The Hall–Kier alpha value is -0.890. The van der Waals surface area contributed by atoms with Crippen molar-refractivity contribution in [3.05, 3.63) is 0 Å². The summed E-state index contributed by atoms with van der Waals surface area (Å²) >= 11 is 1.61. The van der Waals surface area contributed by atoms with Crippen LogP contribution in [0.4, 0.5) is 4.79 Å². The second-order valence-electron chi connectivity index (χ2n) is 4.03. The molecule has 1 N–H and O–H groups in total. The van der Waals surface area contributed by atoms with Gasteiger partial charge in [0.1, 0.15) is 4.75 Å². The summed E-state index contributed by atoms with van der Waals surface area (Å²) < 4.78 is -0.276. The number of urea groups is 1. The zero-order chi connectivity index (χ0) is 12.0. The van der Waals surface area contributed by atoms with Crippen LogP contribution in [0.1, 0.15) is 26.2 Å². The van der Waals surface area contributed by atoms with E-state index in [4.69, 9.17) is 5.26 Å². The number of nitrogens with zero attached hydrogens (tertiary/aromatic N) is 2. The molecule has 0 unspecified atom stereocenters. The van der Waals surface area contributed by atoms with Gasteiger partial charge in [0.05, 0.1) is 6.07 Å². The Kier molecular flexibility index (Phi) is 4.94. The molecule has 0 aromatic carbocycles. The predicted molar refractivity (Wildman–Crippen MR) is 66.4 cm³/mol. The molecule has 1 heterocycles. The fourth-order valence-corrected chi connectivity index (χ4v) is 2.46. The third kappa shape index (κ3) is 3.05. The van der Waals surface area contributed by atoms with Gasteiger partial charge in [0.2, 0.25) is 0 Å². The molecule has 0 aromatic heterocycles. The molecule has 1 rings (SSSR count). The summed E-state index contributed by atoms with van der Waals surface area (Å²) in [7, 11) is 0. The number of nitrogens with one attached hydrogen (secondary N) is 1. The molecule has 0 saturated carbocycles. The molecular formula is C11H19N3OS. The van der Waals surface area contributed by atoms with Gasteiger partial charge in [0.25, 0.3) is 0 Å². The van der Waals surface area contributed by atoms with Crippen LogP contribution < -0.4 is 5.32 Å². The van der Waals surface area contributed by atoms with Crippen molar-refractivity contribution >= 4 is 17.8 Å². The van der Waals surface area contributed by atoms with Crippen molar-refractivity contribution in [1.82, 2.24) is 10.2 Å². The van der Waals surface area contributed by atoms with Crippen molar-refractivity contribution in [2.45, 2.75) is 30.9 Å². The maximum Gasteiger partial charge on any atom is 0.317 e. The van der Waals surface area contributed by atoms with Gasteiger partial charge in [0.15, 0.2) is 0 Å². The first kappa shape index (κ1) is 13.2. The summed E-state index contributed by atoms with van der Waals surface area (Å²) in [5, 5.41) is 12.0. The number of piperidine rings is 1. The van der Waals surface area contributed by atoms with E-state index in [0.29, 0.717) is 13.1 Å². The smallest absolute Gasteiger partial charge is 0.317 e. The molecule has 1 fully saturated rings. The first-order valence-corrected chi connectivity index (χ1v) is 6.89. The molecule has 5 heteroatoms. The van der Waals surface area contributed by atoms with Crippen molar-refractivity contribution < 1.29 is 4.79 Å². The lowest BCUT2D eigenvalue weighted by molar-refractivity contribution is 0.183. The van der Waals surface area contributed by atoms with Crippen LogP contribution in [0.3, 0.4) is 0 Å². The zero-order valence-electron chi connectivity index (χ0n) is 9.95. The third-order valence-corrected chi connectivity index (χ3v) is 4.26. The van der Waals surface area contributed by atoms with E-state index in [1.165, 1.54) is 0 Å². The highest BCUT2D eigenvalue weighted by atomic mass is 32.2. The molecule has 1 aliphatic heterocycles. The normalized spacial score (nSPS) is 18.9. The van der Waals surface area contributed by atoms with Crippen molar-refractivity contribution in [3.8, 4) is 6.07 Å². The van der Waals surface area contributed by atoms with E-state index in [9.17, 15) is 4.79 Å². The van der Waals surface area contributed by atoms with E-state index in [1.807, 2.05) is 18.1 Å². The van der Waals surface area contributed by atoms with Crippen LogP contribution in [0, 0.1) is 11.3 Å². The van der Waals surface area contributed by atoms with Crippen molar-refractivity contribution in [1.29, 1.82) is 5.26 Å². The maximum atomic E-state index is 11.7. The molecule has 0 aliphatic carbocycles. The number of hydrogen-bond donors (Lipinski definition) is 1. The van der Waals surface area contributed by atoms with Gasteiger partial charge in [-0.25, -0.2) is 4.79 Å². The van der Waals surface area contributed by atoms with Crippen LogP contribution in [0.25, 0.3) is 0 Å². The predicted octanol–water partition coefficient (Wildman–Crippen LogP) is 1.83. The van der Waals surface area contributed by atoms with Gasteiger partial charge in [-0.1, -0.05) is 6.92 Å². The summed E-state index contributed by atoms with van der Waals surface area (Å²) in [5.41, 5.74) is 0. The van der Waals surface area contributed by atoms with Crippen LogP contribution >= 0.6 is 11.8 Å². The summed E-state index contributed by atoms with van der Waals surface area (Å²) in [6.07, 6.45) is 4.46. The van der Waals surface area contributed by atoms with E-state index in [-0.39, 0.29) is 10.8 Å². The minimum absolute atomic E-state index is 0.00879. The minimum Gasteiger partial charge on any atom is -0.338 e. The molecule has 0 radical (unpaired) electrons. The molecule has 1 aliphatic rings. The Morgan fingerprint density at radius 3 is 2.62 bits per heavy atom. The molecule has 0 bridgehead atoms. The van der Waals surface area contributed by atoms with Gasteiger partial charge < -0.3 is 10.2 Å². The summed E-state index contributed by atoms with van der Waals surface area (Å²) in [6.45, 7) is 4.13. The van der Waals surface area contributed by atoms with Gasteiger partial charge >= 0.3 is 6.03 Å². The molecule has 0 spiro atoms. The Morgan fingerprint density at radius 2 is 2.19 bits per heavy atom. The number of rotatable bonds is 3. The van der Waals surface area contributed by atoms with Crippen LogP contribution in [0.5, 0.6) is 0 Å². The maximum absolute atomic E-state index is 11.7. The highest BCUT2D eigenvalue weighted by Gasteiger charge is 2.35. The SMILES string of the molecule is CCCNC(=O)N1CCC(C#N)(SC)CC1. The second kappa shape index (κ2) is 6.00. The lowest BCUT2D eigenvalue weighted by atomic mass is 9.97. The first-order valence-electron chi connectivity index (χ1n) is 5.66. The lowest BCUT2D eigenvalue weighted by Crippen LogP contribution is -2.48. The molecule has 1 saturated heterocycles. The van der Waals surface area contributed by atoms with Gasteiger partial charge in [-0.2, -0.15) is 5.26 Å². The standard InChI is InChI=1S/C11H19N3OS/c1-3-6-13-10(15)14-7-4-11(9-12,16-2)5-8-14/h3-8H2,1-2H3,(H,13,15). The van der Waals surface area contributed by atoms with Crippen molar-refractivity contribution in [2.75, 3.05) is 25.9 Å². The molecule has 0 atom stereocenters. The van der Waals surface area contributed by atoms with Crippen LogP contribution in [0.15, 0.2) is 0 Å². The van der Waals surface area contributed by atoms with Crippen molar-refractivity contribution in [3.63, 3.8) is 0 Å². The van der Waals surface area contributed by atoms with E-state index in [0.717, 1.165) is 25.8 Å². The number of carbonyl (C=O) groups excluding carboxylic acids is 1. The number of likely N-dealkylation sites (tertiary alicyclic amines) is 1. The van der Waals surface area contributed by atoms with E-state index in [2.05, 4.69) is 11.4 Å². The van der Waals surface area contributed by atoms with Crippen LogP contribution in [0.2, 0.25) is 0 Å². The van der Waals surface area contributed by atoms with Gasteiger partial charge in [-0.05, 0) is 25.5 Å². The molecule has 2 amide bonds. The van der Waals surface area contributed by atoms with Crippen molar-refractivity contribution in [2.24, 2.45) is 0 Å². The average molecular weight is 241 g/mol. The summed E-state index contributed by atoms with van der Waals surface area (Å²) in [4.78, 5) is 13.5. The largest absolute Gasteiger partial charge is 0.338 e. The highest BCUT2D eigenvalue weighted by molar-refractivity contribution is 8.00. The second-order valence-corrected chi connectivity index (χ2v) is 5.22. The number of nitriles is 1. The molecule has 16 heavy (non-hydrogen) atoms. The Bertz CT molecular complexity index is 279. The Labute approximate surface area is 101 Å². The van der Waals surface area contributed by atoms with Gasteiger partial charge in [-0.3, -0.25) is 0 Å². The highest BCUT2D eigenvalue weighted by Crippen LogP contribution is 2.33. The van der Waals surface area contributed by atoms with Gasteiger partial charge in [-0.15, -0.1) is 11.8 Å². The third-order valence-electron chi connectivity index (χ3n) is 2.98. The van der Waals surface area contributed by atoms with E-state index >= 15 is 0 Å². The first-order chi connectivity index (χ1) is 7.67. The Morgan fingerprint density at radius 1 is 1.56 bits per heavy atom. The lowest BCUT2D eigenvalue weighted by Gasteiger charge is -2.36. The van der Waals surface area contributed by atoms with Crippen LogP contribution in [-0.2, 0) is 0 Å². The molecule has 4 nitrogen and oxygen atoms in total. The molecular weight excluding hydrogens is 222 g/mol. The molecule has 0 aromatic rings. The summed E-state index contributed by atoms with van der Waals surface area (Å²) in [6, 6.07) is 2.38. The van der Waals surface area contributed by atoms with Crippen LogP contribution in [-0.4, -0.2) is 41.6 Å². The number of thioether (sulfide) groups is 1. The topological polar surface area (TPSA) is 56.1 Å². The molecule has 90 valence electrons. The number of amides is 2. The summed E-state index contributed by atoms with van der Waals surface area (Å²) in [5.74, 6) is 0. The fraction of sp³-hybridized carbons (Fsp3) is 0.818. The monoisotopic (exact) mass is 241 g/mol. The van der Waals surface area contributed by atoms with Gasteiger partial charge in [0, 0.05) is 19.6 Å². The van der Waals surface area contributed by atoms with E-state index < -0.39 is 0 Å². The minimum atomic E-state index is -0.276. The quantitative estimate of drug-likeness (QED) is 0.820. The average Bonchev–Trinajstić information content (AvgIpc) is 2.36. The zero-order valence-corrected chi connectivity index (χ0v) is 10.8. The number of carbonyl (C=O) groups is 1. The Balaban J connectivity index is 2.43. The fourth-order valence-electron chi connectivity index (χ4n) is 1.78. The van der Waals surface area contributed by atoms with E-state index in [1.54, 1.807) is 11.8 Å².